The normalized spacial score (nSPS) is 9.65. The van der Waals surface area contributed by atoms with Crippen LogP contribution >= 0.6 is 0 Å². The molecule has 2 rings (SSSR count). The molecule has 0 unspecified atom stereocenters. The lowest BCUT2D eigenvalue weighted by Gasteiger charge is -2.07. The Hall–Kier alpha value is -2.48. The first-order valence-electron chi connectivity index (χ1n) is 4.98. The van der Waals surface area contributed by atoms with Crippen LogP contribution in [0.15, 0.2) is 36.8 Å². The van der Waals surface area contributed by atoms with Crippen molar-refractivity contribution in [1.29, 1.82) is 5.26 Å². The molecule has 17 heavy (non-hydrogen) atoms. The summed E-state index contributed by atoms with van der Waals surface area (Å²) in [7, 11) is 0. The van der Waals surface area contributed by atoms with Gasteiger partial charge < -0.3 is 5.32 Å². The summed E-state index contributed by atoms with van der Waals surface area (Å²) in [6.45, 7) is 0.417. The number of aromatic nitrogens is 2. The van der Waals surface area contributed by atoms with Gasteiger partial charge in [-0.05, 0) is 18.2 Å². The molecular weight excluding hydrogens is 219 g/mol. The van der Waals surface area contributed by atoms with Gasteiger partial charge in [-0.1, -0.05) is 6.07 Å². The highest BCUT2D eigenvalue weighted by atomic mass is 19.1. The molecule has 1 heterocycles. The van der Waals surface area contributed by atoms with Gasteiger partial charge in [-0.25, -0.2) is 14.4 Å². The predicted molar refractivity (Wildman–Crippen MR) is 60.5 cm³/mol. The van der Waals surface area contributed by atoms with E-state index in [0.717, 1.165) is 5.69 Å². The van der Waals surface area contributed by atoms with Gasteiger partial charge >= 0.3 is 0 Å². The second kappa shape index (κ2) is 5.03. The van der Waals surface area contributed by atoms with Gasteiger partial charge in [0.2, 0.25) is 0 Å². The lowest BCUT2D eigenvalue weighted by molar-refractivity contribution is 0.624. The highest BCUT2D eigenvalue weighted by Gasteiger charge is 2.06. The topological polar surface area (TPSA) is 61.6 Å². The summed E-state index contributed by atoms with van der Waals surface area (Å²) in [5, 5.41) is 11.8. The molecule has 0 saturated heterocycles. The van der Waals surface area contributed by atoms with Crippen molar-refractivity contribution < 1.29 is 4.39 Å². The van der Waals surface area contributed by atoms with E-state index in [2.05, 4.69) is 15.3 Å². The zero-order valence-electron chi connectivity index (χ0n) is 8.89. The highest BCUT2D eigenvalue weighted by Crippen LogP contribution is 2.18. The van der Waals surface area contributed by atoms with Crippen molar-refractivity contribution in [3.8, 4) is 6.07 Å². The van der Waals surface area contributed by atoms with Crippen LogP contribution in [0.5, 0.6) is 0 Å². The number of nitriles is 1. The van der Waals surface area contributed by atoms with E-state index in [-0.39, 0.29) is 5.56 Å². The standard InChI is InChI=1S/C12H9FN4/c13-11-2-1-3-12(10(11)6-14)16-7-9-4-5-15-8-17-9/h1-5,8,16H,7H2. The Morgan fingerprint density at radius 1 is 1.35 bits per heavy atom. The van der Waals surface area contributed by atoms with Gasteiger partial charge in [-0.15, -0.1) is 0 Å². The molecule has 2 aromatic rings. The Kier molecular flexibility index (Phi) is 3.26. The van der Waals surface area contributed by atoms with Gasteiger partial charge in [0.05, 0.1) is 17.9 Å². The molecule has 0 aliphatic rings. The number of rotatable bonds is 3. The summed E-state index contributed by atoms with van der Waals surface area (Å²) >= 11 is 0. The molecule has 0 spiro atoms. The largest absolute Gasteiger partial charge is 0.378 e. The molecule has 0 saturated carbocycles. The van der Waals surface area contributed by atoms with Crippen LogP contribution in [0.1, 0.15) is 11.3 Å². The van der Waals surface area contributed by atoms with Gasteiger partial charge in [-0.3, -0.25) is 0 Å². The molecule has 1 aromatic heterocycles. The first kappa shape index (κ1) is 11.0. The number of benzene rings is 1. The maximum atomic E-state index is 13.3. The Bertz CT molecular complexity index is 548. The summed E-state index contributed by atoms with van der Waals surface area (Å²) in [4.78, 5) is 7.82. The van der Waals surface area contributed by atoms with Crippen molar-refractivity contribution in [2.45, 2.75) is 6.54 Å². The van der Waals surface area contributed by atoms with E-state index in [4.69, 9.17) is 5.26 Å². The van der Waals surface area contributed by atoms with E-state index in [1.54, 1.807) is 24.4 Å². The predicted octanol–water partition coefficient (Wildman–Crippen LogP) is 2.10. The van der Waals surface area contributed by atoms with Gasteiger partial charge in [0.1, 0.15) is 23.8 Å². The molecule has 0 bridgehead atoms. The Morgan fingerprint density at radius 2 is 2.24 bits per heavy atom. The zero-order chi connectivity index (χ0) is 12.1. The summed E-state index contributed by atoms with van der Waals surface area (Å²) < 4.78 is 13.3. The van der Waals surface area contributed by atoms with Crippen LogP contribution in [0.4, 0.5) is 10.1 Å². The van der Waals surface area contributed by atoms with Crippen molar-refractivity contribution in [1.82, 2.24) is 9.97 Å². The van der Waals surface area contributed by atoms with Crippen molar-refractivity contribution >= 4 is 5.69 Å². The first-order chi connectivity index (χ1) is 8.31. The summed E-state index contributed by atoms with van der Waals surface area (Å²) in [5.41, 5.74) is 1.25. The van der Waals surface area contributed by atoms with Crippen LogP contribution in [0.2, 0.25) is 0 Å². The smallest absolute Gasteiger partial charge is 0.143 e. The third kappa shape index (κ3) is 2.55. The molecule has 0 amide bonds. The molecule has 0 aliphatic heterocycles. The fraction of sp³-hybridized carbons (Fsp3) is 0.0833. The van der Waals surface area contributed by atoms with Gasteiger partial charge in [0.25, 0.3) is 0 Å². The second-order valence-corrected chi connectivity index (χ2v) is 3.33. The molecule has 1 N–H and O–H groups in total. The fourth-order valence-corrected chi connectivity index (χ4v) is 1.39. The van der Waals surface area contributed by atoms with Crippen LogP contribution in [0, 0.1) is 17.1 Å². The Morgan fingerprint density at radius 3 is 2.94 bits per heavy atom. The minimum Gasteiger partial charge on any atom is -0.378 e. The minimum atomic E-state index is -0.528. The molecule has 5 heteroatoms. The Balaban J connectivity index is 2.15. The maximum absolute atomic E-state index is 13.3. The number of nitrogens with one attached hydrogen (secondary N) is 1. The number of nitrogens with zero attached hydrogens (tertiary/aromatic N) is 3. The second-order valence-electron chi connectivity index (χ2n) is 3.33. The highest BCUT2D eigenvalue weighted by molar-refractivity contribution is 5.57. The van der Waals surface area contributed by atoms with Crippen LogP contribution < -0.4 is 5.32 Å². The summed E-state index contributed by atoms with van der Waals surface area (Å²) in [6.07, 6.45) is 3.06. The van der Waals surface area contributed by atoms with Crippen molar-refractivity contribution in [2.75, 3.05) is 5.32 Å². The van der Waals surface area contributed by atoms with Crippen molar-refractivity contribution in [3.05, 3.63) is 53.9 Å². The molecule has 0 aliphatic carbocycles. The van der Waals surface area contributed by atoms with E-state index in [1.807, 2.05) is 6.07 Å². The molecular formula is C12H9FN4. The molecule has 84 valence electrons. The summed E-state index contributed by atoms with van der Waals surface area (Å²) in [6, 6.07) is 8.05. The average molecular weight is 228 g/mol. The minimum absolute atomic E-state index is 0.0153. The zero-order valence-corrected chi connectivity index (χ0v) is 8.89. The molecule has 4 nitrogen and oxygen atoms in total. The quantitative estimate of drug-likeness (QED) is 0.873. The van der Waals surface area contributed by atoms with Crippen LogP contribution in [-0.4, -0.2) is 9.97 Å². The number of halogens is 1. The molecule has 0 fully saturated rings. The SMILES string of the molecule is N#Cc1c(F)cccc1NCc1ccncn1. The fourth-order valence-electron chi connectivity index (χ4n) is 1.39. The lowest BCUT2D eigenvalue weighted by atomic mass is 10.2. The van der Waals surface area contributed by atoms with E-state index < -0.39 is 5.82 Å². The van der Waals surface area contributed by atoms with Crippen LogP contribution in [-0.2, 0) is 6.54 Å². The summed E-state index contributed by atoms with van der Waals surface area (Å²) in [5.74, 6) is -0.528. The molecule has 0 atom stereocenters. The van der Waals surface area contributed by atoms with Crippen LogP contribution in [0.25, 0.3) is 0 Å². The van der Waals surface area contributed by atoms with Crippen LogP contribution in [0.3, 0.4) is 0 Å². The van der Waals surface area contributed by atoms with Crippen molar-refractivity contribution in [2.24, 2.45) is 0 Å². The Labute approximate surface area is 97.8 Å². The van der Waals surface area contributed by atoms with Gasteiger partial charge in [-0.2, -0.15) is 5.26 Å². The average Bonchev–Trinajstić information content (AvgIpc) is 2.37. The number of anilines is 1. The van der Waals surface area contributed by atoms with Crippen molar-refractivity contribution in [3.63, 3.8) is 0 Å². The lowest BCUT2D eigenvalue weighted by Crippen LogP contribution is -2.04. The molecule has 1 aromatic carbocycles. The third-order valence-corrected chi connectivity index (χ3v) is 2.23. The monoisotopic (exact) mass is 228 g/mol. The van der Waals surface area contributed by atoms with Gasteiger partial charge in [0, 0.05) is 6.20 Å². The van der Waals surface area contributed by atoms with E-state index >= 15 is 0 Å². The first-order valence-corrected chi connectivity index (χ1v) is 4.98. The number of hydrogen-bond donors (Lipinski definition) is 1. The number of hydrogen-bond acceptors (Lipinski definition) is 4. The maximum Gasteiger partial charge on any atom is 0.143 e. The third-order valence-electron chi connectivity index (χ3n) is 2.23. The van der Waals surface area contributed by atoms with E-state index in [9.17, 15) is 4.39 Å². The van der Waals surface area contributed by atoms with E-state index in [1.165, 1.54) is 12.4 Å². The van der Waals surface area contributed by atoms with E-state index in [0.29, 0.717) is 12.2 Å². The molecule has 0 radical (unpaired) electrons. The van der Waals surface area contributed by atoms with Gasteiger partial charge in [0.15, 0.2) is 0 Å².